The normalized spacial score (nSPS) is 14.8. The van der Waals surface area contributed by atoms with Gasteiger partial charge < -0.3 is 20.3 Å². The molecule has 1 aliphatic heterocycles. The Balaban J connectivity index is 1.54. The molecule has 0 spiro atoms. The molecule has 8 nitrogen and oxygen atoms in total. The van der Waals surface area contributed by atoms with Crippen LogP contribution < -0.4 is 20.3 Å². The molecule has 35 heavy (non-hydrogen) atoms. The molecule has 0 aliphatic carbocycles. The van der Waals surface area contributed by atoms with Crippen molar-refractivity contribution < 1.29 is 9.53 Å². The molecule has 2 aromatic carbocycles. The summed E-state index contributed by atoms with van der Waals surface area (Å²) in [6.45, 7) is 1.89. The van der Waals surface area contributed by atoms with Crippen LogP contribution in [0.15, 0.2) is 77.3 Å². The van der Waals surface area contributed by atoms with Crippen LogP contribution in [0.25, 0.3) is 11.4 Å². The molecular weight excluding hydrogens is 460 g/mol. The van der Waals surface area contributed by atoms with E-state index < -0.39 is 6.04 Å². The number of amides is 1. The zero-order chi connectivity index (χ0) is 24.5. The van der Waals surface area contributed by atoms with Crippen molar-refractivity contribution in [2.24, 2.45) is 0 Å². The van der Waals surface area contributed by atoms with Gasteiger partial charge in [0.1, 0.15) is 11.8 Å². The summed E-state index contributed by atoms with van der Waals surface area (Å²) in [6, 6.07) is 19.0. The Morgan fingerprint density at radius 1 is 1.11 bits per heavy atom. The summed E-state index contributed by atoms with van der Waals surface area (Å²) in [4.78, 5) is 21.4. The third-order valence-electron chi connectivity index (χ3n) is 5.91. The summed E-state index contributed by atoms with van der Waals surface area (Å²) in [5.74, 6) is 1.57. The second-order valence-electron chi connectivity index (χ2n) is 8.38. The molecular formula is C26H26N6O2S. The number of hydrogen-bond acceptors (Lipinski definition) is 7. The standard InChI is InChI=1S/C26H26N6O2S/c1-16-22(25(33)28-19-8-5-6-9-20(19)34-4)23(21-10-7-15-35-21)32-26(27-16)29-24(30-32)17-11-13-18(14-12-17)31(2)3/h5-15,23H,1-4H3,(H,28,33)(H,27,29,30). The Hall–Kier alpha value is -4.11. The van der Waals surface area contributed by atoms with Gasteiger partial charge in [-0.2, -0.15) is 4.98 Å². The van der Waals surface area contributed by atoms with Gasteiger partial charge in [0.2, 0.25) is 5.95 Å². The van der Waals surface area contributed by atoms with Gasteiger partial charge in [-0.1, -0.05) is 18.2 Å². The average Bonchev–Trinajstić information content (AvgIpc) is 3.54. The lowest BCUT2D eigenvalue weighted by molar-refractivity contribution is -0.113. The number of methoxy groups -OCH3 is 1. The highest BCUT2D eigenvalue weighted by Crippen LogP contribution is 2.39. The van der Waals surface area contributed by atoms with Gasteiger partial charge >= 0.3 is 0 Å². The molecule has 5 rings (SSSR count). The number of thiophene rings is 1. The first-order chi connectivity index (χ1) is 17.0. The second kappa shape index (κ2) is 9.27. The molecule has 9 heteroatoms. The predicted molar refractivity (Wildman–Crippen MR) is 140 cm³/mol. The smallest absolute Gasteiger partial charge is 0.256 e. The van der Waals surface area contributed by atoms with E-state index in [9.17, 15) is 4.79 Å². The fraction of sp³-hybridized carbons (Fsp3) is 0.192. The molecule has 1 unspecified atom stereocenters. The average molecular weight is 487 g/mol. The van der Waals surface area contributed by atoms with Gasteiger partial charge in [-0.15, -0.1) is 16.4 Å². The van der Waals surface area contributed by atoms with Crippen LogP contribution in [0.3, 0.4) is 0 Å². The minimum absolute atomic E-state index is 0.226. The molecule has 178 valence electrons. The fourth-order valence-corrected chi connectivity index (χ4v) is 4.94. The van der Waals surface area contributed by atoms with Gasteiger partial charge in [-0.3, -0.25) is 4.79 Å². The van der Waals surface area contributed by atoms with Crippen molar-refractivity contribution in [1.29, 1.82) is 0 Å². The number of rotatable bonds is 6. The van der Waals surface area contributed by atoms with Gasteiger partial charge in [0.15, 0.2) is 5.82 Å². The summed E-state index contributed by atoms with van der Waals surface area (Å²) in [6.07, 6.45) is 0. The number of fused-ring (bicyclic) bond motifs is 1. The first kappa shape index (κ1) is 22.7. The number of anilines is 3. The molecule has 0 bridgehead atoms. The lowest BCUT2D eigenvalue weighted by Crippen LogP contribution is -2.31. The Labute approximate surface area is 207 Å². The maximum Gasteiger partial charge on any atom is 0.256 e. The van der Waals surface area contributed by atoms with E-state index in [1.807, 2.05) is 92.0 Å². The third-order valence-corrected chi connectivity index (χ3v) is 6.83. The highest BCUT2D eigenvalue weighted by molar-refractivity contribution is 7.10. The maximum absolute atomic E-state index is 13.6. The van der Waals surface area contributed by atoms with E-state index in [-0.39, 0.29) is 5.91 Å². The first-order valence-corrected chi connectivity index (χ1v) is 12.0. The molecule has 0 radical (unpaired) electrons. The number of hydrogen-bond donors (Lipinski definition) is 2. The van der Waals surface area contributed by atoms with Crippen molar-refractivity contribution in [3.05, 3.63) is 82.2 Å². The summed E-state index contributed by atoms with van der Waals surface area (Å²) < 4.78 is 7.21. The van der Waals surface area contributed by atoms with Crippen LogP contribution in [0.1, 0.15) is 17.8 Å². The van der Waals surface area contributed by atoms with E-state index in [1.54, 1.807) is 23.1 Å². The Morgan fingerprint density at radius 2 is 1.89 bits per heavy atom. The molecule has 1 amide bonds. The van der Waals surface area contributed by atoms with Crippen LogP contribution >= 0.6 is 11.3 Å². The second-order valence-corrected chi connectivity index (χ2v) is 9.36. The van der Waals surface area contributed by atoms with Crippen LogP contribution in [-0.2, 0) is 4.79 Å². The highest BCUT2D eigenvalue weighted by atomic mass is 32.1. The van der Waals surface area contributed by atoms with E-state index in [0.717, 1.165) is 21.8 Å². The number of ether oxygens (including phenoxy) is 1. The Morgan fingerprint density at radius 3 is 2.57 bits per heavy atom. The molecule has 2 aromatic heterocycles. The Bertz CT molecular complexity index is 1390. The van der Waals surface area contributed by atoms with Gasteiger partial charge in [0.05, 0.1) is 18.4 Å². The van der Waals surface area contributed by atoms with Crippen molar-refractivity contribution in [3.8, 4) is 17.1 Å². The lowest BCUT2D eigenvalue weighted by atomic mass is 10.0. The quantitative estimate of drug-likeness (QED) is 0.399. The van der Waals surface area contributed by atoms with Crippen molar-refractivity contribution in [1.82, 2.24) is 14.8 Å². The van der Waals surface area contributed by atoms with Crippen molar-refractivity contribution in [2.45, 2.75) is 13.0 Å². The molecule has 2 N–H and O–H groups in total. The molecule has 1 atom stereocenters. The van der Waals surface area contributed by atoms with Gasteiger partial charge in [0, 0.05) is 35.9 Å². The Kier molecular flexibility index (Phi) is 6.00. The zero-order valence-corrected chi connectivity index (χ0v) is 20.8. The summed E-state index contributed by atoms with van der Waals surface area (Å²) in [5.41, 5.74) is 3.91. The predicted octanol–water partition coefficient (Wildman–Crippen LogP) is 5.01. The van der Waals surface area contributed by atoms with Gasteiger partial charge in [-0.05, 0) is 54.8 Å². The van der Waals surface area contributed by atoms with Gasteiger partial charge in [-0.25, -0.2) is 4.68 Å². The largest absolute Gasteiger partial charge is 0.495 e. The summed E-state index contributed by atoms with van der Waals surface area (Å²) in [5, 5.41) is 13.1. The number of carbonyl (C=O) groups is 1. The van der Waals surface area contributed by atoms with E-state index in [2.05, 4.69) is 10.6 Å². The van der Waals surface area contributed by atoms with Crippen LogP contribution in [-0.4, -0.2) is 41.9 Å². The topological polar surface area (TPSA) is 84.3 Å². The number of aromatic nitrogens is 3. The van der Waals surface area contributed by atoms with Crippen LogP contribution in [0.5, 0.6) is 5.75 Å². The van der Waals surface area contributed by atoms with Crippen LogP contribution in [0, 0.1) is 0 Å². The lowest BCUT2D eigenvalue weighted by Gasteiger charge is -2.27. The van der Waals surface area contributed by atoms with Crippen molar-refractivity contribution in [2.75, 3.05) is 36.7 Å². The van der Waals surface area contributed by atoms with Crippen molar-refractivity contribution >= 4 is 34.6 Å². The minimum Gasteiger partial charge on any atom is -0.495 e. The fourth-order valence-electron chi connectivity index (χ4n) is 4.12. The van der Waals surface area contributed by atoms with E-state index in [0.29, 0.717) is 28.8 Å². The monoisotopic (exact) mass is 486 g/mol. The number of allylic oxidation sites excluding steroid dienone is 1. The number of nitrogens with zero attached hydrogens (tertiary/aromatic N) is 4. The van der Waals surface area contributed by atoms with E-state index in [1.165, 1.54) is 0 Å². The molecule has 0 fully saturated rings. The molecule has 0 saturated heterocycles. The number of para-hydroxylation sites is 2. The number of benzene rings is 2. The first-order valence-electron chi connectivity index (χ1n) is 11.2. The molecule has 0 saturated carbocycles. The SMILES string of the molecule is COc1ccccc1NC(=O)C1=C(C)Nc2nc(-c3ccc(N(C)C)cc3)nn2C1c1cccs1. The third kappa shape index (κ3) is 4.26. The van der Waals surface area contributed by atoms with Crippen LogP contribution in [0.4, 0.5) is 17.3 Å². The number of nitrogens with one attached hydrogen (secondary N) is 2. The summed E-state index contributed by atoms with van der Waals surface area (Å²) >= 11 is 1.58. The van der Waals surface area contributed by atoms with E-state index in [4.69, 9.17) is 14.8 Å². The molecule has 4 aromatic rings. The highest BCUT2D eigenvalue weighted by Gasteiger charge is 2.35. The van der Waals surface area contributed by atoms with Gasteiger partial charge in [0.25, 0.3) is 5.91 Å². The number of carbonyl (C=O) groups excluding carboxylic acids is 1. The summed E-state index contributed by atoms with van der Waals surface area (Å²) in [7, 11) is 5.59. The maximum atomic E-state index is 13.6. The van der Waals surface area contributed by atoms with Crippen molar-refractivity contribution in [3.63, 3.8) is 0 Å². The van der Waals surface area contributed by atoms with E-state index >= 15 is 0 Å². The van der Waals surface area contributed by atoms with Crippen LogP contribution in [0.2, 0.25) is 0 Å². The minimum atomic E-state index is -0.414. The molecule has 1 aliphatic rings. The molecule has 3 heterocycles. The zero-order valence-electron chi connectivity index (χ0n) is 19.9.